The van der Waals surface area contributed by atoms with Crippen LogP contribution in [0.3, 0.4) is 0 Å². The van der Waals surface area contributed by atoms with Crippen LogP contribution in [0.1, 0.15) is 97.0 Å². The Morgan fingerprint density at radius 1 is 0.706 bits per heavy atom. The van der Waals surface area contributed by atoms with Gasteiger partial charge in [-0.25, -0.2) is 9.59 Å². The molecule has 0 aliphatic rings. The molecule has 3 N–H and O–H groups in total. The Bertz CT molecular complexity index is 1620. The minimum Gasteiger partial charge on any atom is -0.508 e. The van der Waals surface area contributed by atoms with Gasteiger partial charge in [0.15, 0.2) is 0 Å². The van der Waals surface area contributed by atoms with Crippen LogP contribution in [0.25, 0.3) is 0 Å². The van der Waals surface area contributed by atoms with Crippen molar-refractivity contribution < 1.29 is 33.8 Å². The largest absolute Gasteiger partial charge is 0.508 e. The smallest absolute Gasteiger partial charge is 0.408 e. The highest BCUT2D eigenvalue weighted by molar-refractivity contribution is 5.94. The van der Waals surface area contributed by atoms with Crippen molar-refractivity contribution in [1.29, 1.82) is 0 Å². The van der Waals surface area contributed by atoms with Gasteiger partial charge in [-0.15, -0.1) is 0 Å². The van der Waals surface area contributed by atoms with Crippen molar-refractivity contribution in [2.75, 3.05) is 0 Å². The summed E-state index contributed by atoms with van der Waals surface area (Å²) in [4.78, 5) is 58.2. The fourth-order valence-electron chi connectivity index (χ4n) is 5.46. The molecule has 10 heteroatoms. The number of benzene rings is 3. The lowest BCUT2D eigenvalue weighted by molar-refractivity contribution is -0.159. The predicted molar refractivity (Wildman–Crippen MR) is 198 cm³/mol. The fraction of sp³-hybridized carbons (Fsp3) is 0.463. The van der Waals surface area contributed by atoms with Crippen molar-refractivity contribution in [3.63, 3.8) is 0 Å². The topological polar surface area (TPSA) is 134 Å². The van der Waals surface area contributed by atoms with Gasteiger partial charge in [-0.3, -0.25) is 9.59 Å². The highest BCUT2D eigenvalue weighted by Gasteiger charge is 2.44. The molecular weight excluding hydrogens is 646 g/mol. The number of aromatic hydroxyl groups is 1. The maximum Gasteiger partial charge on any atom is 0.408 e. The first-order chi connectivity index (χ1) is 23.7. The van der Waals surface area contributed by atoms with Gasteiger partial charge in [-0.1, -0.05) is 79.2 Å². The zero-order valence-corrected chi connectivity index (χ0v) is 31.7. The zero-order chi connectivity index (χ0) is 38.1. The molecule has 0 aliphatic heterocycles. The Morgan fingerprint density at radius 2 is 1.24 bits per heavy atom. The molecule has 0 radical (unpaired) electrons. The Morgan fingerprint density at radius 3 is 1.76 bits per heavy atom. The van der Waals surface area contributed by atoms with Crippen LogP contribution in [0, 0.1) is 6.92 Å². The summed E-state index contributed by atoms with van der Waals surface area (Å²) in [6.45, 7) is 18.0. The summed E-state index contributed by atoms with van der Waals surface area (Å²) in [6, 6.07) is 19.5. The highest BCUT2D eigenvalue weighted by atomic mass is 16.6. The molecule has 0 fully saturated rings. The maximum atomic E-state index is 15.0. The van der Waals surface area contributed by atoms with Gasteiger partial charge in [0.2, 0.25) is 11.8 Å². The monoisotopic (exact) mass is 701 g/mol. The van der Waals surface area contributed by atoms with Crippen LogP contribution in [-0.4, -0.2) is 62.7 Å². The number of alkyl carbamates (subject to hydrolysis) is 1. The number of rotatable bonds is 13. The number of hydrogen-bond donors (Lipinski definition) is 3. The third-order valence-corrected chi connectivity index (χ3v) is 8.31. The number of carbonyl (C=O) groups is 4. The van der Waals surface area contributed by atoms with Gasteiger partial charge in [0.05, 0.1) is 0 Å². The van der Waals surface area contributed by atoms with E-state index in [1.165, 1.54) is 17.0 Å². The van der Waals surface area contributed by atoms with E-state index < -0.39 is 58.7 Å². The molecule has 0 aliphatic carbocycles. The van der Waals surface area contributed by atoms with Crippen LogP contribution >= 0.6 is 0 Å². The molecule has 0 spiro atoms. The van der Waals surface area contributed by atoms with Crippen molar-refractivity contribution in [3.05, 3.63) is 101 Å². The molecule has 0 saturated heterocycles. The second kappa shape index (κ2) is 16.9. The van der Waals surface area contributed by atoms with Gasteiger partial charge in [0.25, 0.3) is 0 Å². The van der Waals surface area contributed by atoms with Crippen molar-refractivity contribution in [2.45, 2.75) is 123 Å². The van der Waals surface area contributed by atoms with E-state index in [1.807, 2.05) is 70.2 Å². The first kappa shape index (κ1) is 40.6. The summed E-state index contributed by atoms with van der Waals surface area (Å²) >= 11 is 0. The van der Waals surface area contributed by atoms with E-state index in [0.717, 1.165) is 11.1 Å². The first-order valence-corrected chi connectivity index (χ1v) is 17.4. The molecule has 3 unspecified atom stereocenters. The lowest BCUT2D eigenvalue weighted by Gasteiger charge is -2.45. The van der Waals surface area contributed by atoms with E-state index in [9.17, 15) is 19.5 Å². The number of amides is 3. The molecule has 3 rings (SSSR count). The SMILES string of the molecule is CCC(C)(C)N(C(=O)C(Cc1ccc(O)cc1)NC(=O)OC(C)(C)C)C(C(=O)NC(Cc1ccccc1)C(=O)OC(C)(C)C)c1ccc(C)cc1. The van der Waals surface area contributed by atoms with Gasteiger partial charge >= 0.3 is 12.1 Å². The molecule has 3 aromatic rings. The molecule has 0 saturated carbocycles. The van der Waals surface area contributed by atoms with Crippen LogP contribution in [0.5, 0.6) is 5.75 Å². The predicted octanol–water partition coefficient (Wildman–Crippen LogP) is 6.96. The number of phenolic OH excluding ortho intramolecular Hbond substituents is 1. The Kier molecular flexibility index (Phi) is 13.4. The minimum atomic E-state index is -1.21. The van der Waals surface area contributed by atoms with Crippen molar-refractivity contribution in [3.8, 4) is 5.75 Å². The second-order valence-electron chi connectivity index (χ2n) is 15.5. The lowest BCUT2D eigenvalue weighted by Crippen LogP contribution is -2.60. The van der Waals surface area contributed by atoms with E-state index in [4.69, 9.17) is 9.47 Å². The Labute approximate surface area is 302 Å². The summed E-state index contributed by atoms with van der Waals surface area (Å²) < 4.78 is 11.3. The number of phenols is 1. The van der Waals surface area contributed by atoms with Gasteiger partial charge in [0, 0.05) is 18.4 Å². The molecule has 3 atom stereocenters. The molecule has 0 heterocycles. The highest BCUT2D eigenvalue weighted by Crippen LogP contribution is 2.33. The van der Waals surface area contributed by atoms with E-state index in [1.54, 1.807) is 65.8 Å². The summed E-state index contributed by atoms with van der Waals surface area (Å²) in [5.74, 6) is -1.66. The van der Waals surface area contributed by atoms with Gasteiger partial charge in [0.1, 0.15) is 35.1 Å². The van der Waals surface area contributed by atoms with Crippen molar-refractivity contribution >= 4 is 23.9 Å². The standard InChI is InChI=1S/C41H55N3O7/c1-11-41(9,10)44(36(47)32(43-38(49)51-40(6,7)8)25-29-19-23-31(45)24-20-29)34(30-21-17-27(2)18-22-30)35(46)42-33(37(48)50-39(3,4)5)26-28-15-13-12-14-16-28/h12-24,32-34,45H,11,25-26H2,1-10H3,(H,42,46)(H,43,49). The van der Waals surface area contributed by atoms with Crippen molar-refractivity contribution in [1.82, 2.24) is 15.5 Å². The summed E-state index contributed by atoms with van der Waals surface area (Å²) in [5.41, 5.74) is 0.396. The Balaban J connectivity index is 2.17. The summed E-state index contributed by atoms with van der Waals surface area (Å²) in [6.07, 6.45) is -0.132. The first-order valence-electron chi connectivity index (χ1n) is 17.4. The fourth-order valence-corrected chi connectivity index (χ4v) is 5.46. The third-order valence-electron chi connectivity index (χ3n) is 8.31. The number of nitrogens with zero attached hydrogens (tertiary/aromatic N) is 1. The van der Waals surface area contributed by atoms with Crippen LogP contribution in [0.15, 0.2) is 78.9 Å². The van der Waals surface area contributed by atoms with E-state index in [-0.39, 0.29) is 18.6 Å². The molecule has 276 valence electrons. The molecular formula is C41H55N3O7. The second-order valence-corrected chi connectivity index (χ2v) is 15.5. The number of ether oxygens (including phenoxy) is 2. The van der Waals surface area contributed by atoms with Gasteiger partial charge < -0.3 is 30.1 Å². The molecule has 3 amide bonds. The average Bonchev–Trinajstić information content (AvgIpc) is 3.03. The number of hydrogen-bond acceptors (Lipinski definition) is 7. The van der Waals surface area contributed by atoms with Crippen LogP contribution in [-0.2, 0) is 36.7 Å². The molecule has 0 bridgehead atoms. The molecule has 10 nitrogen and oxygen atoms in total. The van der Waals surface area contributed by atoms with Gasteiger partial charge in [-0.2, -0.15) is 0 Å². The zero-order valence-electron chi connectivity index (χ0n) is 31.7. The average molecular weight is 702 g/mol. The maximum absolute atomic E-state index is 15.0. The number of carbonyl (C=O) groups excluding carboxylic acids is 4. The van der Waals surface area contributed by atoms with Gasteiger partial charge in [-0.05, 0) is 97.6 Å². The quantitative estimate of drug-likeness (QED) is 0.164. The van der Waals surface area contributed by atoms with Crippen LogP contribution in [0.4, 0.5) is 4.79 Å². The van der Waals surface area contributed by atoms with E-state index in [2.05, 4.69) is 10.6 Å². The number of esters is 1. The van der Waals surface area contributed by atoms with Crippen LogP contribution in [0.2, 0.25) is 0 Å². The minimum absolute atomic E-state index is 0.0471. The molecule has 3 aromatic carbocycles. The Hall–Kier alpha value is -4.86. The summed E-state index contributed by atoms with van der Waals surface area (Å²) in [5, 5.41) is 15.6. The number of nitrogens with one attached hydrogen (secondary N) is 2. The molecule has 0 aromatic heterocycles. The van der Waals surface area contributed by atoms with Crippen molar-refractivity contribution in [2.24, 2.45) is 0 Å². The molecule has 51 heavy (non-hydrogen) atoms. The normalized spacial score (nSPS) is 13.7. The van der Waals surface area contributed by atoms with E-state index in [0.29, 0.717) is 17.5 Å². The van der Waals surface area contributed by atoms with Crippen LogP contribution < -0.4 is 10.6 Å². The third kappa shape index (κ3) is 12.5. The lowest BCUT2D eigenvalue weighted by atomic mass is 9.90. The summed E-state index contributed by atoms with van der Waals surface area (Å²) in [7, 11) is 0. The van der Waals surface area contributed by atoms with E-state index >= 15 is 4.79 Å². The number of aryl methyl sites for hydroxylation is 1.